The summed E-state index contributed by atoms with van der Waals surface area (Å²) in [6, 6.07) is 8.44. The molecule has 1 heterocycles. The SMILES string of the molecule is CC(C)CCN1CCC(NCc2ccc(C(N)=NO)cc2)CC1. The minimum atomic E-state index is 0.151. The molecule has 0 unspecified atom stereocenters. The smallest absolute Gasteiger partial charge is 0.170 e. The molecule has 128 valence electrons. The van der Waals surface area contributed by atoms with Crippen molar-refractivity contribution in [3.8, 4) is 0 Å². The van der Waals surface area contributed by atoms with Gasteiger partial charge in [-0.2, -0.15) is 0 Å². The number of nitrogens with two attached hydrogens (primary N) is 1. The Hall–Kier alpha value is -1.59. The third-order valence-electron chi connectivity index (χ3n) is 4.56. The van der Waals surface area contributed by atoms with Crippen LogP contribution < -0.4 is 11.1 Å². The fourth-order valence-corrected chi connectivity index (χ4v) is 2.91. The molecule has 1 saturated heterocycles. The average Bonchev–Trinajstić information content (AvgIpc) is 2.58. The van der Waals surface area contributed by atoms with Gasteiger partial charge >= 0.3 is 0 Å². The van der Waals surface area contributed by atoms with Gasteiger partial charge in [-0.25, -0.2) is 0 Å². The summed E-state index contributed by atoms with van der Waals surface area (Å²) in [6.07, 6.45) is 3.74. The molecule has 1 aromatic carbocycles. The summed E-state index contributed by atoms with van der Waals surface area (Å²) in [4.78, 5) is 2.59. The van der Waals surface area contributed by atoms with E-state index >= 15 is 0 Å². The molecular weight excluding hydrogens is 288 g/mol. The van der Waals surface area contributed by atoms with E-state index in [4.69, 9.17) is 10.9 Å². The number of benzene rings is 1. The van der Waals surface area contributed by atoms with Gasteiger partial charge < -0.3 is 21.2 Å². The van der Waals surface area contributed by atoms with Crippen LogP contribution in [-0.4, -0.2) is 41.6 Å². The lowest BCUT2D eigenvalue weighted by Crippen LogP contribution is -2.42. The van der Waals surface area contributed by atoms with Crippen LogP contribution in [-0.2, 0) is 6.54 Å². The van der Waals surface area contributed by atoms with Crippen LogP contribution in [0.4, 0.5) is 0 Å². The molecule has 1 aliphatic rings. The number of amidine groups is 1. The fourth-order valence-electron chi connectivity index (χ4n) is 2.91. The van der Waals surface area contributed by atoms with Crippen molar-refractivity contribution in [2.45, 2.75) is 45.7 Å². The zero-order valence-corrected chi connectivity index (χ0v) is 14.3. The van der Waals surface area contributed by atoms with E-state index in [0.717, 1.165) is 18.0 Å². The maximum absolute atomic E-state index is 8.67. The molecule has 1 aromatic rings. The second-order valence-corrected chi connectivity index (χ2v) is 6.86. The van der Waals surface area contributed by atoms with Crippen LogP contribution in [0.3, 0.4) is 0 Å². The molecule has 0 aliphatic carbocycles. The van der Waals surface area contributed by atoms with E-state index in [1.165, 1.54) is 44.5 Å². The first-order valence-corrected chi connectivity index (χ1v) is 8.61. The second kappa shape index (κ2) is 8.89. The molecule has 0 aromatic heterocycles. The molecule has 2 rings (SSSR count). The summed E-state index contributed by atoms with van der Waals surface area (Å²) in [5, 5.41) is 15.3. The van der Waals surface area contributed by atoms with Gasteiger partial charge in [0.25, 0.3) is 0 Å². The Labute approximate surface area is 139 Å². The van der Waals surface area contributed by atoms with Crippen LogP contribution in [0.5, 0.6) is 0 Å². The van der Waals surface area contributed by atoms with Crippen molar-refractivity contribution in [1.29, 1.82) is 0 Å². The number of oxime groups is 1. The highest BCUT2D eigenvalue weighted by atomic mass is 16.4. The fraction of sp³-hybridized carbons (Fsp3) is 0.611. The Balaban J connectivity index is 1.71. The molecule has 0 radical (unpaired) electrons. The van der Waals surface area contributed by atoms with Gasteiger partial charge in [0.2, 0.25) is 0 Å². The van der Waals surface area contributed by atoms with Crippen LogP contribution in [0.15, 0.2) is 29.4 Å². The summed E-state index contributed by atoms with van der Waals surface area (Å²) >= 11 is 0. The van der Waals surface area contributed by atoms with E-state index in [0.29, 0.717) is 6.04 Å². The molecule has 5 nitrogen and oxygen atoms in total. The lowest BCUT2D eigenvalue weighted by atomic mass is 10.0. The van der Waals surface area contributed by atoms with Gasteiger partial charge in [-0.15, -0.1) is 0 Å². The molecule has 0 saturated carbocycles. The van der Waals surface area contributed by atoms with Crippen LogP contribution in [0.2, 0.25) is 0 Å². The van der Waals surface area contributed by atoms with Crippen molar-refractivity contribution in [2.24, 2.45) is 16.8 Å². The average molecular weight is 318 g/mol. The highest BCUT2D eigenvalue weighted by Gasteiger charge is 2.18. The Bertz CT molecular complexity index is 490. The number of hydrogen-bond acceptors (Lipinski definition) is 4. The number of rotatable bonds is 7. The summed E-state index contributed by atoms with van der Waals surface area (Å²) < 4.78 is 0. The quantitative estimate of drug-likeness (QED) is 0.312. The van der Waals surface area contributed by atoms with Crippen LogP contribution in [0, 0.1) is 5.92 Å². The van der Waals surface area contributed by atoms with Gasteiger partial charge in [0.05, 0.1) is 0 Å². The molecule has 23 heavy (non-hydrogen) atoms. The monoisotopic (exact) mass is 318 g/mol. The lowest BCUT2D eigenvalue weighted by molar-refractivity contribution is 0.189. The topological polar surface area (TPSA) is 73.9 Å². The predicted octanol–water partition coefficient (Wildman–Crippen LogP) is 2.38. The first-order valence-electron chi connectivity index (χ1n) is 8.61. The van der Waals surface area contributed by atoms with Gasteiger partial charge in [-0.1, -0.05) is 43.3 Å². The van der Waals surface area contributed by atoms with E-state index in [1.807, 2.05) is 24.3 Å². The number of piperidine rings is 1. The summed E-state index contributed by atoms with van der Waals surface area (Å²) in [5.41, 5.74) is 7.54. The lowest BCUT2D eigenvalue weighted by Gasteiger charge is -2.32. The maximum Gasteiger partial charge on any atom is 0.170 e. The summed E-state index contributed by atoms with van der Waals surface area (Å²) in [5.74, 6) is 0.942. The molecule has 1 fully saturated rings. The van der Waals surface area contributed by atoms with E-state index < -0.39 is 0 Å². The summed E-state index contributed by atoms with van der Waals surface area (Å²) in [7, 11) is 0. The van der Waals surface area contributed by atoms with Gasteiger partial charge in [0.1, 0.15) is 0 Å². The van der Waals surface area contributed by atoms with E-state index in [1.54, 1.807) is 0 Å². The van der Waals surface area contributed by atoms with Gasteiger partial charge in [0.15, 0.2) is 5.84 Å². The normalized spacial score (nSPS) is 17.8. The van der Waals surface area contributed by atoms with Crippen molar-refractivity contribution in [3.05, 3.63) is 35.4 Å². The summed E-state index contributed by atoms with van der Waals surface area (Å²) in [6.45, 7) is 9.09. The van der Waals surface area contributed by atoms with Crippen molar-refractivity contribution in [3.63, 3.8) is 0 Å². The highest BCUT2D eigenvalue weighted by Crippen LogP contribution is 2.13. The van der Waals surface area contributed by atoms with E-state index in [-0.39, 0.29) is 5.84 Å². The molecule has 0 spiro atoms. The first kappa shape index (κ1) is 17.8. The Morgan fingerprint density at radius 2 is 1.96 bits per heavy atom. The number of nitrogens with one attached hydrogen (secondary N) is 1. The number of nitrogens with zero attached hydrogens (tertiary/aromatic N) is 2. The third kappa shape index (κ3) is 5.84. The number of likely N-dealkylation sites (tertiary alicyclic amines) is 1. The van der Waals surface area contributed by atoms with Crippen molar-refractivity contribution < 1.29 is 5.21 Å². The standard InChI is InChI=1S/C18H30N4O/c1-14(2)7-10-22-11-8-17(9-12-22)20-13-15-3-5-16(6-4-15)18(19)21-23/h3-6,14,17,20,23H,7-13H2,1-2H3,(H2,19,21). The number of hydrogen-bond donors (Lipinski definition) is 3. The Morgan fingerprint density at radius 1 is 1.30 bits per heavy atom. The molecule has 1 aliphatic heterocycles. The van der Waals surface area contributed by atoms with E-state index in [2.05, 4.69) is 29.2 Å². The minimum Gasteiger partial charge on any atom is -0.409 e. The zero-order chi connectivity index (χ0) is 16.7. The van der Waals surface area contributed by atoms with Crippen LogP contribution >= 0.6 is 0 Å². The molecule has 4 N–H and O–H groups in total. The Kier molecular flexibility index (Phi) is 6.86. The van der Waals surface area contributed by atoms with Crippen LogP contribution in [0.1, 0.15) is 44.2 Å². The highest BCUT2D eigenvalue weighted by molar-refractivity contribution is 5.96. The predicted molar refractivity (Wildman–Crippen MR) is 94.7 cm³/mol. The molecule has 0 amide bonds. The maximum atomic E-state index is 8.67. The van der Waals surface area contributed by atoms with Crippen molar-refractivity contribution in [2.75, 3.05) is 19.6 Å². The van der Waals surface area contributed by atoms with Crippen LogP contribution in [0.25, 0.3) is 0 Å². The van der Waals surface area contributed by atoms with Gasteiger partial charge in [0, 0.05) is 18.2 Å². The van der Waals surface area contributed by atoms with Crippen molar-refractivity contribution >= 4 is 5.84 Å². The largest absolute Gasteiger partial charge is 0.409 e. The van der Waals surface area contributed by atoms with E-state index in [9.17, 15) is 0 Å². The molecule has 5 heteroatoms. The second-order valence-electron chi connectivity index (χ2n) is 6.86. The molecule has 0 atom stereocenters. The molecular formula is C18H30N4O. The van der Waals surface area contributed by atoms with Crippen molar-refractivity contribution in [1.82, 2.24) is 10.2 Å². The third-order valence-corrected chi connectivity index (χ3v) is 4.56. The van der Waals surface area contributed by atoms with Gasteiger partial charge in [-0.05, 0) is 50.4 Å². The van der Waals surface area contributed by atoms with Gasteiger partial charge in [-0.3, -0.25) is 0 Å². The zero-order valence-electron chi connectivity index (χ0n) is 14.3. The molecule has 0 bridgehead atoms. The minimum absolute atomic E-state index is 0.151. The Morgan fingerprint density at radius 3 is 2.52 bits per heavy atom. The first-order chi connectivity index (χ1) is 11.1.